The fourth-order valence-corrected chi connectivity index (χ4v) is 3.32. The van der Waals surface area contributed by atoms with Gasteiger partial charge in [-0.15, -0.1) is 0 Å². The second kappa shape index (κ2) is 8.95. The van der Waals surface area contributed by atoms with E-state index in [1.54, 1.807) is 0 Å². The molecule has 1 heterocycles. The fraction of sp³-hybridized carbons (Fsp3) is 0.333. The number of ether oxygens (including phenoxy) is 2. The van der Waals surface area contributed by atoms with Gasteiger partial charge in [-0.1, -0.05) is 26.0 Å². The van der Waals surface area contributed by atoms with E-state index in [4.69, 9.17) is 13.9 Å². The second-order valence-corrected chi connectivity index (χ2v) is 7.53. The highest BCUT2D eigenvalue weighted by molar-refractivity contribution is 5.82. The van der Waals surface area contributed by atoms with Crippen LogP contribution in [0.25, 0.3) is 11.0 Å². The van der Waals surface area contributed by atoms with E-state index in [1.807, 2.05) is 50.2 Å². The van der Waals surface area contributed by atoms with Crippen LogP contribution in [0, 0.1) is 13.8 Å². The molecule has 152 valence electrons. The lowest BCUT2D eigenvalue weighted by Crippen LogP contribution is -2.11. The summed E-state index contributed by atoms with van der Waals surface area (Å²) in [5, 5.41) is 0.794. The van der Waals surface area contributed by atoms with Gasteiger partial charge in [-0.25, -0.2) is 4.79 Å². The minimum Gasteiger partial charge on any atom is -0.493 e. The molecule has 0 aliphatic rings. The molecule has 0 N–H and O–H groups in total. The zero-order valence-electron chi connectivity index (χ0n) is 17.3. The summed E-state index contributed by atoms with van der Waals surface area (Å²) in [5.74, 6) is 0.678. The summed E-state index contributed by atoms with van der Waals surface area (Å²) in [6.07, 6.45) is 0.129. The first-order valence-corrected chi connectivity index (χ1v) is 9.76. The van der Waals surface area contributed by atoms with E-state index < -0.39 is 5.63 Å². The topological polar surface area (TPSA) is 65.7 Å². The molecule has 0 saturated carbocycles. The third kappa shape index (κ3) is 5.25. The lowest BCUT2D eigenvalue weighted by molar-refractivity contribution is -0.145. The number of hydrogen-bond acceptors (Lipinski definition) is 5. The van der Waals surface area contributed by atoms with E-state index >= 15 is 0 Å². The summed E-state index contributed by atoms with van der Waals surface area (Å²) in [7, 11) is 0. The predicted octanol–water partition coefficient (Wildman–Crippen LogP) is 5.05. The first kappa shape index (κ1) is 20.6. The number of aryl methyl sites for hydroxylation is 2. The van der Waals surface area contributed by atoms with Crippen molar-refractivity contribution in [3.8, 4) is 5.75 Å². The zero-order chi connectivity index (χ0) is 21.0. The van der Waals surface area contributed by atoms with Gasteiger partial charge in [0.2, 0.25) is 0 Å². The molecule has 0 spiro atoms. The first-order chi connectivity index (χ1) is 13.8. The molecule has 29 heavy (non-hydrogen) atoms. The van der Waals surface area contributed by atoms with Gasteiger partial charge in [0.15, 0.2) is 0 Å². The molecule has 0 radical (unpaired) electrons. The average molecular weight is 394 g/mol. The molecule has 5 heteroatoms. The van der Waals surface area contributed by atoms with Crippen molar-refractivity contribution in [1.82, 2.24) is 0 Å². The van der Waals surface area contributed by atoms with Crippen molar-refractivity contribution in [1.29, 1.82) is 0 Å². The predicted molar refractivity (Wildman–Crippen MR) is 112 cm³/mol. The van der Waals surface area contributed by atoms with Gasteiger partial charge in [0, 0.05) is 17.0 Å². The third-order valence-corrected chi connectivity index (χ3v) is 4.79. The van der Waals surface area contributed by atoms with Crippen molar-refractivity contribution < 1.29 is 18.7 Å². The first-order valence-electron chi connectivity index (χ1n) is 9.76. The molecule has 3 rings (SSSR count). The smallest absolute Gasteiger partial charge is 0.336 e. The van der Waals surface area contributed by atoms with Crippen LogP contribution in [0.3, 0.4) is 0 Å². The van der Waals surface area contributed by atoms with Crippen LogP contribution in [0.15, 0.2) is 51.7 Å². The molecule has 0 amide bonds. The highest BCUT2D eigenvalue weighted by Gasteiger charge is 2.13. The Labute approximate surface area is 170 Å². The SMILES string of the molecule is Cc1cccc(OCCC(=O)OCc2cc(=O)oc3cc(C)c(C(C)C)cc23)c1. The molecule has 2 aromatic carbocycles. The largest absolute Gasteiger partial charge is 0.493 e. The molecule has 0 aliphatic carbocycles. The van der Waals surface area contributed by atoms with E-state index in [1.165, 1.54) is 11.6 Å². The summed E-state index contributed by atoms with van der Waals surface area (Å²) in [6, 6.07) is 12.9. The molecular formula is C24H26O5. The Morgan fingerprint density at radius 3 is 2.62 bits per heavy atom. The van der Waals surface area contributed by atoms with Crippen LogP contribution in [-0.2, 0) is 16.1 Å². The number of carbonyl (C=O) groups is 1. The van der Waals surface area contributed by atoms with Crippen LogP contribution in [0.2, 0.25) is 0 Å². The highest BCUT2D eigenvalue weighted by atomic mass is 16.5. The number of hydrogen-bond donors (Lipinski definition) is 0. The van der Waals surface area contributed by atoms with Gasteiger partial charge >= 0.3 is 11.6 Å². The number of fused-ring (bicyclic) bond motifs is 1. The van der Waals surface area contributed by atoms with Gasteiger partial charge in [-0.3, -0.25) is 4.79 Å². The number of esters is 1. The molecule has 5 nitrogen and oxygen atoms in total. The van der Waals surface area contributed by atoms with Crippen molar-refractivity contribution >= 4 is 16.9 Å². The number of benzene rings is 2. The van der Waals surface area contributed by atoms with Crippen LogP contribution in [-0.4, -0.2) is 12.6 Å². The lowest BCUT2D eigenvalue weighted by atomic mass is 9.95. The summed E-state index contributed by atoms with van der Waals surface area (Å²) >= 11 is 0. The van der Waals surface area contributed by atoms with E-state index in [9.17, 15) is 9.59 Å². The van der Waals surface area contributed by atoms with Gasteiger partial charge in [-0.05, 0) is 60.7 Å². The van der Waals surface area contributed by atoms with Crippen molar-refractivity contribution in [3.05, 3.63) is 75.1 Å². The minimum atomic E-state index is -0.456. The second-order valence-electron chi connectivity index (χ2n) is 7.53. The monoisotopic (exact) mass is 394 g/mol. The Kier molecular flexibility index (Phi) is 6.37. The Bertz CT molecular complexity index is 1080. The van der Waals surface area contributed by atoms with Crippen LogP contribution in [0.4, 0.5) is 0 Å². The highest BCUT2D eigenvalue weighted by Crippen LogP contribution is 2.27. The fourth-order valence-electron chi connectivity index (χ4n) is 3.32. The molecule has 3 aromatic rings. The Hall–Kier alpha value is -3.08. The maximum atomic E-state index is 12.1. The van der Waals surface area contributed by atoms with Crippen molar-refractivity contribution in [2.24, 2.45) is 0 Å². The third-order valence-electron chi connectivity index (χ3n) is 4.79. The van der Waals surface area contributed by atoms with Crippen molar-refractivity contribution in [2.75, 3.05) is 6.61 Å². The maximum absolute atomic E-state index is 12.1. The maximum Gasteiger partial charge on any atom is 0.336 e. The quantitative estimate of drug-likeness (QED) is 0.415. The van der Waals surface area contributed by atoms with Gasteiger partial charge in [0.1, 0.15) is 17.9 Å². The van der Waals surface area contributed by atoms with Crippen LogP contribution in [0.1, 0.15) is 48.4 Å². The van der Waals surface area contributed by atoms with Gasteiger partial charge < -0.3 is 13.9 Å². The Morgan fingerprint density at radius 1 is 1.10 bits per heavy atom. The minimum absolute atomic E-state index is 0.0198. The molecule has 0 aliphatic heterocycles. The number of rotatable bonds is 7. The lowest BCUT2D eigenvalue weighted by Gasteiger charge is -2.13. The number of carbonyl (C=O) groups excluding carboxylic acids is 1. The van der Waals surface area contributed by atoms with E-state index in [0.717, 1.165) is 22.3 Å². The van der Waals surface area contributed by atoms with Crippen LogP contribution >= 0.6 is 0 Å². The molecule has 1 aromatic heterocycles. The Morgan fingerprint density at radius 2 is 1.90 bits per heavy atom. The van der Waals surface area contributed by atoms with Crippen LogP contribution < -0.4 is 10.4 Å². The normalized spacial score (nSPS) is 11.1. The zero-order valence-corrected chi connectivity index (χ0v) is 17.3. The summed E-state index contributed by atoms with van der Waals surface area (Å²) in [6.45, 7) is 8.45. The molecule has 0 unspecified atom stereocenters. The standard InChI is InChI=1S/C24H26O5/c1-15(2)20-13-21-18(12-24(26)29-22(21)11-17(20)4)14-28-23(25)8-9-27-19-7-5-6-16(3)10-19/h5-7,10-13,15H,8-9,14H2,1-4H3. The van der Waals surface area contributed by atoms with E-state index in [-0.39, 0.29) is 25.6 Å². The molecule has 0 atom stereocenters. The average Bonchev–Trinajstić information content (AvgIpc) is 2.65. The van der Waals surface area contributed by atoms with Gasteiger partial charge in [-0.2, -0.15) is 0 Å². The van der Waals surface area contributed by atoms with Gasteiger partial charge in [0.05, 0.1) is 13.0 Å². The summed E-state index contributed by atoms with van der Waals surface area (Å²) < 4.78 is 16.3. The summed E-state index contributed by atoms with van der Waals surface area (Å²) in [4.78, 5) is 24.0. The van der Waals surface area contributed by atoms with Crippen molar-refractivity contribution in [2.45, 2.75) is 46.6 Å². The molecule has 0 saturated heterocycles. The Balaban J connectivity index is 1.67. The van der Waals surface area contributed by atoms with Crippen LogP contribution in [0.5, 0.6) is 5.75 Å². The molecular weight excluding hydrogens is 368 g/mol. The van der Waals surface area contributed by atoms with Gasteiger partial charge in [0.25, 0.3) is 0 Å². The van der Waals surface area contributed by atoms with E-state index in [0.29, 0.717) is 17.1 Å². The van der Waals surface area contributed by atoms with E-state index in [2.05, 4.69) is 13.8 Å². The summed E-state index contributed by atoms with van der Waals surface area (Å²) in [5.41, 5.74) is 4.03. The molecule has 0 bridgehead atoms. The van der Waals surface area contributed by atoms with Crippen molar-refractivity contribution in [3.63, 3.8) is 0 Å². The molecule has 0 fully saturated rings.